The number of anilines is 2. The number of amides is 1. The van der Waals surface area contributed by atoms with Gasteiger partial charge in [0.25, 0.3) is 11.5 Å². The van der Waals surface area contributed by atoms with Crippen molar-refractivity contribution in [2.45, 2.75) is 46.6 Å². The average Bonchev–Trinajstić information content (AvgIpc) is 2.84. The summed E-state index contributed by atoms with van der Waals surface area (Å²) in [5.41, 5.74) is 5.91. The Labute approximate surface area is 211 Å². The lowest BCUT2D eigenvalue weighted by Gasteiger charge is -2.31. The molecule has 0 aliphatic carbocycles. The first-order chi connectivity index (χ1) is 17.2. The van der Waals surface area contributed by atoms with Gasteiger partial charge in [0, 0.05) is 6.54 Å². The molecule has 0 bridgehead atoms. The van der Waals surface area contributed by atoms with Gasteiger partial charge in [-0.3, -0.25) is 28.8 Å². The lowest BCUT2D eigenvalue weighted by Crippen LogP contribution is -3.15. The molecule has 2 unspecified atom stereocenters. The van der Waals surface area contributed by atoms with Crippen LogP contribution < -0.4 is 26.8 Å². The maximum absolute atomic E-state index is 13.6. The number of rotatable bonds is 10. The summed E-state index contributed by atoms with van der Waals surface area (Å²) in [6.07, 6.45) is 2.20. The first kappa shape index (κ1) is 27.2. The Balaban J connectivity index is 1.90. The summed E-state index contributed by atoms with van der Waals surface area (Å²) in [5, 5.41) is 0. The zero-order chi connectivity index (χ0) is 26.2. The molecule has 10 heteroatoms. The highest BCUT2D eigenvalue weighted by molar-refractivity contribution is 5.96. The average molecular weight is 501 g/mol. The molecule has 1 aromatic carbocycles. The number of hydrogen-bond acceptors (Lipinski definition) is 6. The second kappa shape index (κ2) is 12.5. The van der Waals surface area contributed by atoms with Crippen LogP contribution >= 0.6 is 0 Å². The number of carbonyl (C=O) groups excluding carboxylic acids is 2. The number of nitrogens with one attached hydrogen (secondary N) is 2. The van der Waals surface area contributed by atoms with Gasteiger partial charge in [0.05, 0.1) is 26.2 Å². The summed E-state index contributed by atoms with van der Waals surface area (Å²) in [5.74, 6) is -0.495. The van der Waals surface area contributed by atoms with Crippen molar-refractivity contribution in [3.05, 3.63) is 56.7 Å². The number of H-pyrrole nitrogens is 1. The van der Waals surface area contributed by atoms with Gasteiger partial charge < -0.3 is 15.4 Å². The Bertz CT molecular complexity index is 1160. The molecule has 1 aliphatic rings. The molecule has 10 nitrogen and oxygen atoms in total. The molecule has 2 atom stereocenters. The number of aromatic nitrogens is 2. The van der Waals surface area contributed by atoms with E-state index in [4.69, 9.17) is 10.5 Å². The molecular weight excluding hydrogens is 462 g/mol. The van der Waals surface area contributed by atoms with E-state index in [0.717, 1.165) is 29.8 Å². The zero-order valence-corrected chi connectivity index (χ0v) is 21.4. The smallest absolute Gasteiger partial charge is 0.330 e. The summed E-state index contributed by atoms with van der Waals surface area (Å²) < 4.78 is 6.46. The van der Waals surface area contributed by atoms with Crippen LogP contribution in [0.1, 0.15) is 45.6 Å². The van der Waals surface area contributed by atoms with Gasteiger partial charge in [-0.05, 0) is 37.7 Å². The van der Waals surface area contributed by atoms with Crippen LogP contribution in [0.25, 0.3) is 0 Å². The molecule has 4 N–H and O–H groups in total. The number of nitrogens with zero attached hydrogens (tertiary/aromatic N) is 2. The third kappa shape index (κ3) is 6.84. The van der Waals surface area contributed by atoms with E-state index in [1.165, 1.54) is 9.47 Å². The number of carbonyl (C=O) groups is 2. The van der Waals surface area contributed by atoms with Gasteiger partial charge in [-0.15, -0.1) is 0 Å². The second-order valence-electron chi connectivity index (χ2n) is 9.76. The van der Waals surface area contributed by atoms with Crippen molar-refractivity contribution in [3.8, 4) is 0 Å². The number of ether oxygens (including phenoxy) is 1. The minimum absolute atomic E-state index is 0.00506. The summed E-state index contributed by atoms with van der Waals surface area (Å²) in [4.78, 5) is 56.1. The molecule has 1 saturated heterocycles. The van der Waals surface area contributed by atoms with Gasteiger partial charge in [-0.25, -0.2) is 4.79 Å². The topological polar surface area (TPSA) is 132 Å². The number of esters is 1. The molecule has 3 rings (SSSR count). The highest BCUT2D eigenvalue weighted by Crippen LogP contribution is 2.19. The molecule has 0 spiro atoms. The number of hydrogen-bond donors (Lipinski definition) is 3. The van der Waals surface area contributed by atoms with E-state index in [9.17, 15) is 19.2 Å². The Morgan fingerprint density at radius 2 is 1.97 bits per heavy atom. The van der Waals surface area contributed by atoms with Crippen LogP contribution in [-0.2, 0) is 20.9 Å². The van der Waals surface area contributed by atoms with Gasteiger partial charge in [0.15, 0.2) is 12.2 Å². The minimum Gasteiger partial charge on any atom is -0.466 e. The van der Waals surface area contributed by atoms with E-state index in [1.54, 1.807) is 6.92 Å². The van der Waals surface area contributed by atoms with Crippen LogP contribution in [0.5, 0.6) is 0 Å². The third-order valence-corrected chi connectivity index (χ3v) is 6.54. The second-order valence-corrected chi connectivity index (χ2v) is 9.76. The monoisotopic (exact) mass is 500 g/mol. The quantitative estimate of drug-likeness (QED) is 0.405. The molecule has 0 radical (unpaired) electrons. The van der Waals surface area contributed by atoms with Crippen molar-refractivity contribution < 1.29 is 19.2 Å². The highest BCUT2D eigenvalue weighted by Gasteiger charge is 2.33. The van der Waals surface area contributed by atoms with Crippen LogP contribution in [0, 0.1) is 11.8 Å². The third-order valence-electron chi connectivity index (χ3n) is 6.54. The van der Waals surface area contributed by atoms with E-state index in [0.29, 0.717) is 26.1 Å². The molecule has 1 aromatic heterocycles. The number of quaternary nitrogens is 1. The van der Waals surface area contributed by atoms with E-state index < -0.39 is 11.2 Å². The van der Waals surface area contributed by atoms with Crippen molar-refractivity contribution in [1.29, 1.82) is 0 Å². The molecular formula is C26H38N5O5+. The summed E-state index contributed by atoms with van der Waals surface area (Å²) in [6.45, 7) is 8.00. The van der Waals surface area contributed by atoms with Gasteiger partial charge in [-0.2, -0.15) is 0 Å². The van der Waals surface area contributed by atoms with Gasteiger partial charge in [0.2, 0.25) is 0 Å². The fraction of sp³-hybridized carbons (Fsp3) is 0.538. The molecule has 1 amide bonds. The normalized spacial score (nSPS) is 17.7. The maximum Gasteiger partial charge on any atom is 0.330 e. The molecule has 0 saturated carbocycles. The van der Waals surface area contributed by atoms with Crippen LogP contribution in [0.15, 0.2) is 39.9 Å². The van der Waals surface area contributed by atoms with E-state index in [1.807, 2.05) is 44.2 Å². The molecule has 2 aromatic rings. The molecule has 2 heterocycles. The number of nitrogen functional groups attached to an aromatic ring is 1. The molecule has 196 valence electrons. The van der Waals surface area contributed by atoms with Crippen LogP contribution in [-0.4, -0.2) is 54.2 Å². The molecule has 36 heavy (non-hydrogen) atoms. The van der Waals surface area contributed by atoms with Crippen molar-refractivity contribution in [2.24, 2.45) is 11.8 Å². The maximum atomic E-state index is 13.6. The van der Waals surface area contributed by atoms with E-state index in [2.05, 4.69) is 4.98 Å². The lowest BCUT2D eigenvalue weighted by molar-refractivity contribution is -0.899. The Morgan fingerprint density at radius 1 is 1.25 bits per heavy atom. The predicted molar refractivity (Wildman–Crippen MR) is 138 cm³/mol. The molecule has 1 aliphatic heterocycles. The Hall–Kier alpha value is -3.40. The Morgan fingerprint density at radius 3 is 2.64 bits per heavy atom. The van der Waals surface area contributed by atoms with Crippen molar-refractivity contribution >= 4 is 23.4 Å². The SMILES string of the molecule is CCOC(=O)C1CCC[NH+](CC(=O)N(CCC(C)C)c2c(N)n(Cc3ccccc3)c(=O)[nH]c2=O)C1. The zero-order valence-electron chi connectivity index (χ0n) is 21.4. The summed E-state index contributed by atoms with van der Waals surface area (Å²) >= 11 is 0. The van der Waals surface area contributed by atoms with Gasteiger partial charge in [0.1, 0.15) is 11.7 Å². The first-order valence-electron chi connectivity index (χ1n) is 12.7. The fourth-order valence-electron chi connectivity index (χ4n) is 4.59. The Kier molecular flexibility index (Phi) is 9.46. The molecule has 1 fully saturated rings. The highest BCUT2D eigenvalue weighted by atomic mass is 16.5. The van der Waals surface area contributed by atoms with E-state index >= 15 is 0 Å². The predicted octanol–water partition coefficient (Wildman–Crippen LogP) is 0.404. The number of aromatic amines is 1. The van der Waals surface area contributed by atoms with Crippen LogP contribution in [0.2, 0.25) is 0 Å². The lowest BCUT2D eigenvalue weighted by atomic mass is 9.98. The van der Waals surface area contributed by atoms with Gasteiger partial charge in [-0.1, -0.05) is 44.2 Å². The fourth-order valence-corrected chi connectivity index (χ4v) is 4.59. The van der Waals surface area contributed by atoms with Gasteiger partial charge >= 0.3 is 11.7 Å². The van der Waals surface area contributed by atoms with Crippen LogP contribution in [0.3, 0.4) is 0 Å². The standard InChI is InChI=1S/C26H37N5O5/c1-4-36-25(34)20-11-8-13-29(16-20)17-21(32)30(14-12-18(2)3)22-23(27)31(26(35)28-24(22)33)15-19-9-6-5-7-10-19/h5-7,9-10,18,20H,4,8,11-17,27H2,1-3H3,(H,28,33,35)/p+1. The van der Waals surface area contributed by atoms with E-state index in [-0.39, 0.29) is 48.3 Å². The first-order valence-corrected chi connectivity index (χ1v) is 12.7. The number of nitrogens with two attached hydrogens (primary N) is 1. The van der Waals surface area contributed by atoms with Crippen LogP contribution in [0.4, 0.5) is 11.5 Å². The number of benzene rings is 1. The summed E-state index contributed by atoms with van der Waals surface area (Å²) in [7, 11) is 0. The number of likely N-dealkylation sites (tertiary alicyclic amines) is 1. The van der Waals surface area contributed by atoms with Crippen molar-refractivity contribution in [2.75, 3.05) is 43.4 Å². The summed E-state index contributed by atoms with van der Waals surface area (Å²) in [6, 6.07) is 9.30. The van der Waals surface area contributed by atoms with Crippen molar-refractivity contribution in [1.82, 2.24) is 9.55 Å². The minimum atomic E-state index is -0.683. The van der Waals surface area contributed by atoms with Crippen molar-refractivity contribution in [3.63, 3.8) is 0 Å². The number of piperidine rings is 1. The largest absolute Gasteiger partial charge is 0.466 e.